The van der Waals surface area contributed by atoms with E-state index in [-0.39, 0.29) is 5.82 Å². The molecule has 1 N–H and O–H groups in total. The van der Waals surface area contributed by atoms with Gasteiger partial charge in [0, 0.05) is 29.0 Å². The molecule has 0 atom stereocenters. The molecule has 4 rings (SSSR count). The first-order valence-electron chi connectivity index (χ1n) is 7.63. The van der Waals surface area contributed by atoms with Crippen LogP contribution in [0.1, 0.15) is 0 Å². The predicted octanol–water partition coefficient (Wildman–Crippen LogP) is 5.18. The van der Waals surface area contributed by atoms with Gasteiger partial charge in [-0.1, -0.05) is 30.3 Å². The van der Waals surface area contributed by atoms with Gasteiger partial charge in [0.2, 0.25) is 0 Å². The van der Waals surface area contributed by atoms with E-state index >= 15 is 0 Å². The zero-order valence-corrected chi connectivity index (χ0v) is 12.8. The lowest BCUT2D eigenvalue weighted by Gasteiger charge is -2.12. The van der Waals surface area contributed by atoms with E-state index in [1.165, 1.54) is 6.07 Å². The molecule has 0 aliphatic carbocycles. The molecule has 0 aliphatic heterocycles. The number of nitrogens with zero attached hydrogens (tertiary/aromatic N) is 2. The summed E-state index contributed by atoms with van der Waals surface area (Å²) in [6, 6.07) is 20.1. The van der Waals surface area contributed by atoms with Gasteiger partial charge < -0.3 is 5.32 Å². The van der Waals surface area contributed by atoms with Gasteiger partial charge in [0.15, 0.2) is 0 Å². The first-order chi connectivity index (χ1) is 11.8. The minimum absolute atomic E-state index is 0.282. The molecule has 0 aliphatic rings. The number of rotatable bonds is 3. The van der Waals surface area contributed by atoms with Crippen LogP contribution < -0.4 is 5.32 Å². The van der Waals surface area contributed by atoms with Crippen LogP contribution in [0.25, 0.3) is 22.2 Å². The number of hydrogen-bond acceptors (Lipinski definition) is 3. The molecular formula is C20H14FN3. The number of halogens is 1. The quantitative estimate of drug-likeness (QED) is 0.566. The Morgan fingerprint density at radius 1 is 0.833 bits per heavy atom. The summed E-state index contributed by atoms with van der Waals surface area (Å²) in [5.41, 5.74) is 3.70. The first kappa shape index (κ1) is 14.3. The molecule has 0 fully saturated rings. The number of anilines is 2. The molecule has 2 aromatic heterocycles. The average Bonchev–Trinajstić information content (AvgIpc) is 2.63. The molecular weight excluding hydrogens is 301 g/mol. The van der Waals surface area contributed by atoms with Crippen molar-refractivity contribution in [2.75, 3.05) is 5.32 Å². The monoisotopic (exact) mass is 315 g/mol. The Morgan fingerprint density at radius 3 is 2.42 bits per heavy atom. The van der Waals surface area contributed by atoms with E-state index in [1.807, 2.05) is 48.5 Å². The maximum absolute atomic E-state index is 14.2. The van der Waals surface area contributed by atoms with Crippen LogP contribution in [-0.2, 0) is 0 Å². The highest BCUT2D eigenvalue weighted by atomic mass is 19.1. The molecule has 0 spiro atoms. The smallest absolute Gasteiger partial charge is 0.132 e. The van der Waals surface area contributed by atoms with Crippen molar-refractivity contribution < 1.29 is 4.39 Å². The number of benzene rings is 2. The maximum Gasteiger partial charge on any atom is 0.132 e. The van der Waals surface area contributed by atoms with Gasteiger partial charge in [-0.15, -0.1) is 0 Å². The third-order valence-electron chi connectivity index (χ3n) is 3.83. The standard InChI is InChI=1S/C20H14FN3/c21-17-7-3-1-5-15(17)19-13-20(23-14-9-11-22-12-10-14)16-6-2-4-8-18(16)24-19/h1-13H,(H,22,23,24). The number of fused-ring (bicyclic) bond motifs is 1. The molecule has 116 valence electrons. The van der Waals surface area contributed by atoms with E-state index in [4.69, 9.17) is 0 Å². The lowest BCUT2D eigenvalue weighted by atomic mass is 10.1. The van der Waals surface area contributed by atoms with E-state index in [9.17, 15) is 4.39 Å². The molecule has 0 radical (unpaired) electrons. The Hall–Kier alpha value is -3.27. The van der Waals surface area contributed by atoms with Crippen LogP contribution in [0.4, 0.5) is 15.8 Å². The van der Waals surface area contributed by atoms with Crippen LogP contribution in [0.3, 0.4) is 0 Å². The molecule has 3 nitrogen and oxygen atoms in total. The Morgan fingerprint density at radius 2 is 1.58 bits per heavy atom. The van der Waals surface area contributed by atoms with Crippen molar-refractivity contribution in [3.8, 4) is 11.3 Å². The van der Waals surface area contributed by atoms with E-state index in [0.29, 0.717) is 11.3 Å². The van der Waals surface area contributed by atoms with Gasteiger partial charge >= 0.3 is 0 Å². The van der Waals surface area contributed by atoms with Gasteiger partial charge in [0.1, 0.15) is 5.82 Å². The third kappa shape index (κ3) is 2.70. The van der Waals surface area contributed by atoms with Crippen LogP contribution in [0.15, 0.2) is 79.1 Å². The van der Waals surface area contributed by atoms with Crippen molar-refractivity contribution in [2.24, 2.45) is 0 Å². The summed E-state index contributed by atoms with van der Waals surface area (Å²) < 4.78 is 14.2. The molecule has 0 unspecified atom stereocenters. The van der Waals surface area contributed by atoms with Crippen molar-refractivity contribution >= 4 is 22.3 Å². The Balaban J connectivity index is 1.90. The molecule has 2 heterocycles. The second-order valence-corrected chi connectivity index (χ2v) is 5.41. The van der Waals surface area contributed by atoms with Crippen molar-refractivity contribution in [1.29, 1.82) is 0 Å². The van der Waals surface area contributed by atoms with Gasteiger partial charge in [-0.25, -0.2) is 9.37 Å². The molecule has 0 amide bonds. The molecule has 4 aromatic rings. The highest BCUT2D eigenvalue weighted by molar-refractivity contribution is 5.95. The lowest BCUT2D eigenvalue weighted by molar-refractivity contribution is 0.631. The summed E-state index contributed by atoms with van der Waals surface area (Å²) in [6.07, 6.45) is 3.45. The van der Waals surface area contributed by atoms with Gasteiger partial charge in [-0.05, 0) is 36.4 Å². The van der Waals surface area contributed by atoms with Crippen LogP contribution in [-0.4, -0.2) is 9.97 Å². The van der Waals surface area contributed by atoms with Crippen LogP contribution in [0.2, 0.25) is 0 Å². The second kappa shape index (κ2) is 6.08. The fourth-order valence-corrected chi connectivity index (χ4v) is 2.68. The zero-order valence-electron chi connectivity index (χ0n) is 12.8. The summed E-state index contributed by atoms with van der Waals surface area (Å²) in [5, 5.41) is 4.36. The largest absolute Gasteiger partial charge is 0.355 e. The summed E-state index contributed by atoms with van der Waals surface area (Å²) in [6.45, 7) is 0. The van der Waals surface area contributed by atoms with Gasteiger partial charge in [0.25, 0.3) is 0 Å². The lowest BCUT2D eigenvalue weighted by Crippen LogP contribution is -1.96. The van der Waals surface area contributed by atoms with Crippen molar-refractivity contribution in [3.05, 3.63) is 84.9 Å². The van der Waals surface area contributed by atoms with E-state index in [0.717, 1.165) is 22.3 Å². The van der Waals surface area contributed by atoms with Crippen LogP contribution in [0, 0.1) is 5.82 Å². The van der Waals surface area contributed by atoms with Crippen molar-refractivity contribution in [1.82, 2.24) is 9.97 Å². The van der Waals surface area contributed by atoms with Crippen LogP contribution >= 0.6 is 0 Å². The number of aromatic nitrogens is 2. The average molecular weight is 315 g/mol. The fraction of sp³-hybridized carbons (Fsp3) is 0. The minimum atomic E-state index is -0.282. The molecule has 24 heavy (non-hydrogen) atoms. The summed E-state index contributed by atoms with van der Waals surface area (Å²) in [4.78, 5) is 8.64. The SMILES string of the molecule is Fc1ccccc1-c1cc(Nc2ccncc2)c2ccccc2n1. The summed E-state index contributed by atoms with van der Waals surface area (Å²) in [5.74, 6) is -0.282. The number of hydrogen-bond donors (Lipinski definition) is 1. The zero-order chi connectivity index (χ0) is 16.4. The Labute approximate surface area is 138 Å². The summed E-state index contributed by atoms with van der Waals surface area (Å²) in [7, 11) is 0. The molecule has 4 heteroatoms. The second-order valence-electron chi connectivity index (χ2n) is 5.41. The van der Waals surface area contributed by atoms with Gasteiger partial charge in [0.05, 0.1) is 16.9 Å². The summed E-state index contributed by atoms with van der Waals surface area (Å²) >= 11 is 0. The topological polar surface area (TPSA) is 37.8 Å². The molecule has 2 aromatic carbocycles. The van der Waals surface area contributed by atoms with Crippen molar-refractivity contribution in [3.63, 3.8) is 0 Å². The fourth-order valence-electron chi connectivity index (χ4n) is 2.68. The first-order valence-corrected chi connectivity index (χ1v) is 7.63. The van der Waals surface area contributed by atoms with E-state index < -0.39 is 0 Å². The van der Waals surface area contributed by atoms with E-state index in [1.54, 1.807) is 24.5 Å². The van der Waals surface area contributed by atoms with Crippen molar-refractivity contribution in [2.45, 2.75) is 0 Å². The number of para-hydroxylation sites is 1. The van der Waals surface area contributed by atoms with Gasteiger partial charge in [-0.2, -0.15) is 0 Å². The maximum atomic E-state index is 14.2. The molecule has 0 saturated carbocycles. The number of nitrogens with one attached hydrogen (secondary N) is 1. The van der Waals surface area contributed by atoms with Crippen LogP contribution in [0.5, 0.6) is 0 Å². The third-order valence-corrected chi connectivity index (χ3v) is 3.83. The Kier molecular flexibility index (Phi) is 3.63. The minimum Gasteiger partial charge on any atom is -0.355 e. The molecule has 0 bridgehead atoms. The molecule has 0 saturated heterocycles. The Bertz CT molecular complexity index is 1000. The number of pyridine rings is 2. The van der Waals surface area contributed by atoms with E-state index in [2.05, 4.69) is 15.3 Å². The highest BCUT2D eigenvalue weighted by Gasteiger charge is 2.10. The normalized spacial score (nSPS) is 10.7. The predicted molar refractivity (Wildman–Crippen MR) is 94.7 cm³/mol. The van der Waals surface area contributed by atoms with Gasteiger partial charge in [-0.3, -0.25) is 4.98 Å². The highest BCUT2D eigenvalue weighted by Crippen LogP contribution is 2.31.